The van der Waals surface area contributed by atoms with Crippen LogP contribution in [-0.4, -0.2) is 52.2 Å². The molecule has 2 fully saturated rings. The molecule has 0 N–H and O–H groups in total. The van der Waals surface area contributed by atoms with Crippen molar-refractivity contribution >= 4 is 10.8 Å². The number of epoxide rings is 2. The maximum atomic E-state index is 6.20. The van der Waals surface area contributed by atoms with Gasteiger partial charge in [-0.05, 0) is 150 Å². The van der Waals surface area contributed by atoms with E-state index in [1.54, 1.807) is 0 Å². The van der Waals surface area contributed by atoms with Crippen molar-refractivity contribution in [3.63, 3.8) is 0 Å². The summed E-state index contributed by atoms with van der Waals surface area (Å²) in [5.74, 6) is 4.51. The molecule has 0 bridgehead atoms. The van der Waals surface area contributed by atoms with Crippen molar-refractivity contribution in [2.45, 2.75) is 23.0 Å². The van der Waals surface area contributed by atoms with Crippen LogP contribution in [0.5, 0.6) is 34.5 Å². The predicted octanol–water partition coefficient (Wildman–Crippen LogP) is 14.0. The van der Waals surface area contributed by atoms with Gasteiger partial charge in [0, 0.05) is 0 Å². The second kappa shape index (κ2) is 19.1. The zero-order valence-corrected chi connectivity index (χ0v) is 41.6. The zero-order valence-electron chi connectivity index (χ0n) is 41.6. The molecule has 8 heteroatoms. The summed E-state index contributed by atoms with van der Waals surface area (Å²) in [6.45, 7) is 2.76. The van der Waals surface area contributed by atoms with Gasteiger partial charge in [-0.1, -0.05) is 158 Å². The molecule has 0 aromatic heterocycles. The highest BCUT2D eigenvalue weighted by Crippen LogP contribution is 2.58. The smallest absolute Gasteiger partial charge is 0.230 e. The van der Waals surface area contributed by atoms with Gasteiger partial charge in [0.2, 0.25) is 13.6 Å². The Bertz CT molecular complexity index is 3390. The first-order valence-corrected chi connectivity index (χ1v) is 26.0. The van der Waals surface area contributed by atoms with Crippen molar-refractivity contribution in [3.05, 3.63) is 275 Å². The number of rotatable bonds is 18. The highest BCUT2D eigenvalue weighted by molar-refractivity contribution is 5.88. The van der Waals surface area contributed by atoms with E-state index in [1.165, 1.54) is 55.6 Å². The molecule has 14 rings (SSSR count). The van der Waals surface area contributed by atoms with E-state index < -0.39 is 10.8 Å². The van der Waals surface area contributed by atoms with Crippen LogP contribution in [0.3, 0.4) is 0 Å². The molecule has 8 nitrogen and oxygen atoms in total. The molecule has 76 heavy (non-hydrogen) atoms. The molecule has 2 saturated heterocycles. The average Bonchev–Trinajstić information content (AvgIpc) is 4.57. The average molecular weight is 997 g/mol. The van der Waals surface area contributed by atoms with E-state index >= 15 is 0 Å². The number of fused-ring (bicyclic) bond motifs is 7. The highest BCUT2D eigenvalue weighted by Gasteiger charge is 2.47. The monoisotopic (exact) mass is 996 g/mol. The van der Waals surface area contributed by atoms with Crippen LogP contribution in [0.2, 0.25) is 0 Å². The third-order valence-corrected chi connectivity index (χ3v) is 15.4. The Hall–Kier alpha value is -8.82. The molecule has 2 heterocycles. The summed E-state index contributed by atoms with van der Waals surface area (Å²) in [5, 5.41) is 2.03. The van der Waals surface area contributed by atoms with Gasteiger partial charge in [-0.2, -0.15) is 0 Å². The first-order valence-electron chi connectivity index (χ1n) is 26.0. The SMILES string of the molecule is c1ccc2c(c1)-c1ccccc1C2(c1ccc(OCOc2ccc3cc(OCOc4ccc(C5(c6ccc(OCC7CO7)cc6)c6ccccc6-c6ccccc65)cc4)ccc3c2)cc1)c1ccc(OCC2CO2)cc1. The minimum atomic E-state index is -0.533. The standard InChI is InChI=1S/C68H52O8/c1-5-13-63-59(9-1)60-10-2-6-14-64(60)67(63,47-19-29-51(30-20-47)69-39-57-41-71-57)49-23-33-53(34-24-49)73-43-75-55-27-17-46-38-56(28-18-45(46)37-55)76-44-74-54-35-25-50(26-36-54)68(48-21-31-52(32-22-48)70-40-58-42-72-58)65-15-7-3-11-61(65)62-12-4-8-16-66(62)68/h1-38,57-58H,39-44H2. The Morgan fingerprint density at radius 1 is 0.303 bits per heavy atom. The van der Waals surface area contributed by atoms with Crippen LogP contribution in [-0.2, 0) is 20.3 Å². The molecular formula is C68H52O8. The fraction of sp³-hybridized carbons (Fsp3) is 0.147. The fourth-order valence-electron chi connectivity index (χ4n) is 11.7. The molecule has 4 aliphatic rings. The second-order valence-electron chi connectivity index (χ2n) is 19.8. The van der Waals surface area contributed by atoms with Crippen molar-refractivity contribution in [3.8, 4) is 56.8 Å². The topological polar surface area (TPSA) is 80.4 Å². The molecule has 10 aromatic rings. The number of ether oxygens (including phenoxy) is 8. The van der Waals surface area contributed by atoms with Gasteiger partial charge in [-0.25, -0.2) is 0 Å². The summed E-state index contributed by atoms with van der Waals surface area (Å²) in [6.07, 6.45) is 0.389. The largest absolute Gasteiger partial charge is 0.491 e. The lowest BCUT2D eigenvalue weighted by molar-refractivity contribution is 0.119. The van der Waals surface area contributed by atoms with E-state index in [9.17, 15) is 0 Å². The van der Waals surface area contributed by atoms with Crippen LogP contribution in [0.4, 0.5) is 0 Å². The molecule has 0 saturated carbocycles. The maximum absolute atomic E-state index is 6.20. The Morgan fingerprint density at radius 2 is 0.566 bits per heavy atom. The van der Waals surface area contributed by atoms with E-state index in [0.717, 1.165) is 46.6 Å². The Kier molecular flexibility index (Phi) is 11.5. The van der Waals surface area contributed by atoms with E-state index in [-0.39, 0.29) is 25.8 Å². The lowest BCUT2D eigenvalue weighted by Crippen LogP contribution is -2.28. The summed E-state index contributed by atoms with van der Waals surface area (Å²) in [4.78, 5) is 0. The van der Waals surface area contributed by atoms with Crippen LogP contribution < -0.4 is 28.4 Å². The van der Waals surface area contributed by atoms with E-state index in [1.807, 2.05) is 60.7 Å². The minimum absolute atomic E-state index is 0.0510. The molecule has 10 aromatic carbocycles. The molecule has 2 aliphatic heterocycles. The molecule has 0 amide bonds. The Labute approximate surface area is 441 Å². The van der Waals surface area contributed by atoms with Crippen LogP contribution in [0.25, 0.3) is 33.0 Å². The van der Waals surface area contributed by atoms with Gasteiger partial charge in [0.25, 0.3) is 0 Å². The van der Waals surface area contributed by atoms with Crippen molar-refractivity contribution in [1.82, 2.24) is 0 Å². The van der Waals surface area contributed by atoms with Gasteiger partial charge in [0.05, 0.1) is 24.0 Å². The maximum Gasteiger partial charge on any atom is 0.230 e. The molecule has 2 aliphatic carbocycles. The number of hydrogen-bond donors (Lipinski definition) is 0. The van der Waals surface area contributed by atoms with E-state index in [4.69, 9.17) is 37.9 Å². The van der Waals surface area contributed by atoms with Crippen LogP contribution in [0.15, 0.2) is 231 Å². The third kappa shape index (κ3) is 8.18. The highest BCUT2D eigenvalue weighted by atomic mass is 16.7. The van der Waals surface area contributed by atoms with Crippen LogP contribution in [0.1, 0.15) is 44.5 Å². The van der Waals surface area contributed by atoms with Crippen LogP contribution in [0, 0.1) is 0 Å². The Balaban J connectivity index is 0.634. The third-order valence-electron chi connectivity index (χ3n) is 15.4. The van der Waals surface area contributed by atoms with Crippen LogP contribution >= 0.6 is 0 Å². The van der Waals surface area contributed by atoms with Gasteiger partial charge in [-0.15, -0.1) is 0 Å². The second-order valence-corrected chi connectivity index (χ2v) is 19.8. The van der Waals surface area contributed by atoms with Gasteiger partial charge in [0.15, 0.2) is 0 Å². The predicted molar refractivity (Wildman–Crippen MR) is 294 cm³/mol. The quantitative estimate of drug-likeness (QED) is 0.0621. The normalized spacial score (nSPS) is 16.6. The van der Waals surface area contributed by atoms with Crippen molar-refractivity contribution in [2.75, 3.05) is 40.0 Å². The van der Waals surface area contributed by atoms with Gasteiger partial charge < -0.3 is 37.9 Å². The van der Waals surface area contributed by atoms with E-state index in [2.05, 4.69) is 170 Å². The molecule has 372 valence electrons. The molecule has 0 radical (unpaired) electrons. The summed E-state index contributed by atoms with van der Waals surface area (Å²) in [5.41, 5.74) is 13.5. The fourth-order valence-corrected chi connectivity index (χ4v) is 11.7. The first kappa shape index (κ1) is 45.8. The lowest BCUT2D eigenvalue weighted by atomic mass is 9.68. The number of hydrogen-bond acceptors (Lipinski definition) is 8. The van der Waals surface area contributed by atoms with E-state index in [0.29, 0.717) is 36.2 Å². The summed E-state index contributed by atoms with van der Waals surface area (Å²) in [7, 11) is 0. The van der Waals surface area contributed by atoms with Crippen molar-refractivity contribution in [2.24, 2.45) is 0 Å². The molecule has 2 unspecified atom stereocenters. The summed E-state index contributed by atoms with van der Waals surface area (Å²) in [6, 6.07) is 80.8. The summed E-state index contributed by atoms with van der Waals surface area (Å²) < 4.78 is 47.5. The minimum Gasteiger partial charge on any atom is -0.491 e. The molecule has 0 spiro atoms. The number of benzene rings is 10. The molecular weight excluding hydrogens is 945 g/mol. The van der Waals surface area contributed by atoms with Gasteiger partial charge >= 0.3 is 0 Å². The van der Waals surface area contributed by atoms with Crippen molar-refractivity contribution < 1.29 is 37.9 Å². The molecule has 2 atom stereocenters. The summed E-state index contributed by atoms with van der Waals surface area (Å²) >= 11 is 0. The van der Waals surface area contributed by atoms with Crippen molar-refractivity contribution in [1.29, 1.82) is 0 Å². The zero-order chi connectivity index (χ0) is 50.5. The lowest BCUT2D eigenvalue weighted by Gasteiger charge is -2.34. The van der Waals surface area contributed by atoms with Gasteiger partial charge in [0.1, 0.15) is 59.9 Å². The first-order chi connectivity index (χ1) is 37.6. The Morgan fingerprint density at radius 3 is 0.868 bits per heavy atom. The van der Waals surface area contributed by atoms with Gasteiger partial charge in [-0.3, -0.25) is 0 Å².